The molecular formula is C27H26F4N2O3. The standard InChI is InChI=1S/C27H26F4N2O3/c1-36-18-6-7-24-20(14-18)19(23(30)15-32-24)5-2-8-27(26(34)35)9-11-33(16-27)10-3-4-17-12-21(28)25(31)22(29)13-17/h3-4,6-7,12-15H,2,5,8-11,16H2,1H3,(H,34,35). The van der Waals surface area contributed by atoms with Crippen molar-refractivity contribution in [3.8, 4) is 5.75 Å². The number of nitrogens with zero attached hydrogens (tertiary/aromatic N) is 2. The summed E-state index contributed by atoms with van der Waals surface area (Å²) in [7, 11) is 1.53. The second-order valence-electron chi connectivity index (χ2n) is 9.09. The number of aryl methyl sites for hydroxylation is 1. The molecule has 0 saturated carbocycles. The molecule has 1 unspecified atom stereocenters. The molecule has 1 fully saturated rings. The van der Waals surface area contributed by atoms with Crippen molar-refractivity contribution in [2.45, 2.75) is 25.7 Å². The minimum Gasteiger partial charge on any atom is -0.497 e. The van der Waals surface area contributed by atoms with Gasteiger partial charge in [-0.05, 0) is 73.7 Å². The van der Waals surface area contributed by atoms with Crippen LogP contribution in [0.4, 0.5) is 17.6 Å². The highest BCUT2D eigenvalue weighted by Gasteiger charge is 2.43. The van der Waals surface area contributed by atoms with Crippen LogP contribution < -0.4 is 4.74 Å². The zero-order valence-electron chi connectivity index (χ0n) is 19.7. The van der Waals surface area contributed by atoms with Gasteiger partial charge in [-0.15, -0.1) is 0 Å². The molecule has 36 heavy (non-hydrogen) atoms. The highest BCUT2D eigenvalue weighted by atomic mass is 19.2. The second-order valence-corrected chi connectivity index (χ2v) is 9.09. The molecule has 0 radical (unpaired) electrons. The van der Waals surface area contributed by atoms with Crippen molar-refractivity contribution in [1.29, 1.82) is 0 Å². The van der Waals surface area contributed by atoms with Gasteiger partial charge in [0.1, 0.15) is 11.6 Å². The lowest BCUT2D eigenvalue weighted by Gasteiger charge is -2.24. The normalized spacial score (nSPS) is 18.4. The molecule has 9 heteroatoms. The van der Waals surface area contributed by atoms with Crippen molar-refractivity contribution in [2.24, 2.45) is 5.41 Å². The quantitative estimate of drug-likeness (QED) is 0.304. The zero-order chi connectivity index (χ0) is 25.9. The van der Waals surface area contributed by atoms with Crippen molar-refractivity contribution in [3.63, 3.8) is 0 Å². The number of halogens is 4. The Hall–Kier alpha value is -3.46. The molecule has 0 aliphatic carbocycles. The summed E-state index contributed by atoms with van der Waals surface area (Å²) in [5.74, 6) is -4.80. The monoisotopic (exact) mass is 502 g/mol. The second kappa shape index (κ2) is 10.7. The van der Waals surface area contributed by atoms with E-state index in [-0.39, 0.29) is 5.56 Å². The Morgan fingerprint density at radius 1 is 1.17 bits per heavy atom. The average Bonchev–Trinajstić information content (AvgIpc) is 3.28. The van der Waals surface area contributed by atoms with E-state index in [1.54, 1.807) is 24.3 Å². The van der Waals surface area contributed by atoms with Gasteiger partial charge < -0.3 is 9.84 Å². The van der Waals surface area contributed by atoms with E-state index in [0.29, 0.717) is 67.5 Å². The third kappa shape index (κ3) is 5.36. The Balaban J connectivity index is 1.40. The minimum absolute atomic E-state index is 0.179. The molecule has 1 aliphatic rings. The first-order chi connectivity index (χ1) is 17.2. The minimum atomic E-state index is -1.52. The first kappa shape index (κ1) is 25.6. The Morgan fingerprint density at radius 2 is 1.92 bits per heavy atom. The van der Waals surface area contributed by atoms with Gasteiger partial charge in [-0.1, -0.05) is 12.2 Å². The molecule has 0 bridgehead atoms. The molecule has 1 N–H and O–H groups in total. The van der Waals surface area contributed by atoms with Crippen molar-refractivity contribution >= 4 is 22.9 Å². The number of pyridine rings is 1. The van der Waals surface area contributed by atoms with E-state index in [1.165, 1.54) is 19.4 Å². The smallest absolute Gasteiger partial charge is 0.310 e. The van der Waals surface area contributed by atoms with Crippen molar-refractivity contribution in [2.75, 3.05) is 26.7 Å². The molecule has 0 amide bonds. The maximum absolute atomic E-state index is 14.6. The SMILES string of the molecule is COc1ccc2ncc(F)c(CCCC3(C(=O)O)CCN(CC=Cc4cc(F)c(F)c(F)c4)C3)c2c1. The molecule has 1 saturated heterocycles. The molecule has 4 rings (SSSR count). The molecule has 1 aliphatic heterocycles. The van der Waals surface area contributed by atoms with Crippen LogP contribution >= 0.6 is 0 Å². The number of carbonyl (C=O) groups is 1. The summed E-state index contributed by atoms with van der Waals surface area (Å²) in [5, 5.41) is 10.6. The molecule has 3 aromatic rings. The Bertz CT molecular complexity index is 1290. The molecule has 0 spiro atoms. The summed E-state index contributed by atoms with van der Waals surface area (Å²) in [4.78, 5) is 18.3. The number of methoxy groups -OCH3 is 1. The largest absolute Gasteiger partial charge is 0.497 e. The molecule has 5 nitrogen and oxygen atoms in total. The highest BCUT2D eigenvalue weighted by molar-refractivity contribution is 5.83. The predicted octanol–water partition coefficient (Wildman–Crippen LogP) is 5.61. The Morgan fingerprint density at radius 3 is 2.61 bits per heavy atom. The Labute approximate surface area is 206 Å². The fourth-order valence-corrected chi connectivity index (χ4v) is 4.80. The summed E-state index contributed by atoms with van der Waals surface area (Å²) in [6.45, 7) is 1.21. The zero-order valence-corrected chi connectivity index (χ0v) is 19.7. The van der Waals surface area contributed by atoms with Gasteiger partial charge in [-0.2, -0.15) is 0 Å². The average molecular weight is 503 g/mol. The van der Waals surface area contributed by atoms with E-state index in [2.05, 4.69) is 4.98 Å². The Kier molecular flexibility index (Phi) is 7.59. The molecule has 2 aromatic carbocycles. The third-order valence-corrected chi connectivity index (χ3v) is 6.78. The number of aliphatic carboxylic acids is 1. The number of hydrogen-bond acceptors (Lipinski definition) is 4. The summed E-state index contributed by atoms with van der Waals surface area (Å²) in [5.41, 5.74) is 0.327. The van der Waals surface area contributed by atoms with Crippen LogP contribution in [0.15, 0.2) is 42.6 Å². The van der Waals surface area contributed by atoms with Crippen LogP contribution in [-0.4, -0.2) is 47.7 Å². The van der Waals surface area contributed by atoms with Crippen molar-refractivity contribution in [1.82, 2.24) is 9.88 Å². The molecule has 2 heterocycles. The molecule has 1 atom stereocenters. The maximum atomic E-state index is 14.6. The van der Waals surface area contributed by atoms with E-state index < -0.39 is 34.7 Å². The number of ether oxygens (including phenoxy) is 1. The van der Waals surface area contributed by atoms with Crippen LogP contribution in [0.5, 0.6) is 5.75 Å². The van der Waals surface area contributed by atoms with Crippen LogP contribution in [0.2, 0.25) is 0 Å². The summed E-state index contributed by atoms with van der Waals surface area (Å²) < 4.78 is 59.8. The topological polar surface area (TPSA) is 62.7 Å². The van der Waals surface area contributed by atoms with Crippen LogP contribution in [0.3, 0.4) is 0 Å². The van der Waals surface area contributed by atoms with E-state index in [1.807, 2.05) is 4.90 Å². The van der Waals surface area contributed by atoms with Gasteiger partial charge in [0.15, 0.2) is 17.5 Å². The first-order valence-corrected chi connectivity index (χ1v) is 11.6. The number of likely N-dealkylation sites (tertiary alicyclic amines) is 1. The summed E-state index contributed by atoms with van der Waals surface area (Å²) in [6.07, 6.45) is 5.94. The number of hydrogen-bond donors (Lipinski definition) is 1. The van der Waals surface area contributed by atoms with Crippen molar-refractivity contribution < 1.29 is 32.2 Å². The number of carboxylic acid groups (broad SMARTS) is 1. The van der Waals surface area contributed by atoms with Gasteiger partial charge in [0.25, 0.3) is 0 Å². The van der Waals surface area contributed by atoms with Gasteiger partial charge in [0, 0.05) is 18.5 Å². The van der Waals surface area contributed by atoms with E-state index in [9.17, 15) is 27.5 Å². The number of carboxylic acids is 1. The van der Waals surface area contributed by atoms with E-state index in [0.717, 1.165) is 12.1 Å². The van der Waals surface area contributed by atoms with Gasteiger partial charge >= 0.3 is 5.97 Å². The maximum Gasteiger partial charge on any atom is 0.310 e. The highest BCUT2D eigenvalue weighted by Crippen LogP contribution is 2.37. The fourth-order valence-electron chi connectivity index (χ4n) is 4.80. The van der Waals surface area contributed by atoms with Gasteiger partial charge in [-0.25, -0.2) is 17.6 Å². The molecular weight excluding hydrogens is 476 g/mol. The summed E-state index contributed by atoms with van der Waals surface area (Å²) in [6, 6.07) is 7.04. The van der Waals surface area contributed by atoms with Crippen molar-refractivity contribution in [3.05, 3.63) is 77.0 Å². The van der Waals surface area contributed by atoms with Crippen LogP contribution in [0.25, 0.3) is 17.0 Å². The lowest BCUT2D eigenvalue weighted by atomic mass is 9.81. The van der Waals surface area contributed by atoms with E-state index >= 15 is 0 Å². The lowest BCUT2D eigenvalue weighted by Crippen LogP contribution is -2.35. The number of fused-ring (bicyclic) bond motifs is 1. The number of benzene rings is 2. The lowest BCUT2D eigenvalue weighted by molar-refractivity contribution is -0.148. The molecule has 190 valence electrons. The number of aromatic nitrogens is 1. The van der Waals surface area contributed by atoms with Gasteiger partial charge in [0.05, 0.1) is 24.2 Å². The van der Waals surface area contributed by atoms with E-state index in [4.69, 9.17) is 4.74 Å². The number of rotatable bonds is 9. The third-order valence-electron chi connectivity index (χ3n) is 6.78. The van der Waals surface area contributed by atoms with Crippen LogP contribution in [0.1, 0.15) is 30.4 Å². The van der Waals surface area contributed by atoms with Gasteiger partial charge in [0.2, 0.25) is 0 Å². The first-order valence-electron chi connectivity index (χ1n) is 11.6. The molecule has 1 aromatic heterocycles. The van der Waals surface area contributed by atoms with Crippen LogP contribution in [0, 0.1) is 28.7 Å². The fraction of sp³-hybridized carbons (Fsp3) is 0.333. The van der Waals surface area contributed by atoms with Crippen LogP contribution in [-0.2, 0) is 11.2 Å². The van der Waals surface area contributed by atoms with Gasteiger partial charge in [-0.3, -0.25) is 14.7 Å². The summed E-state index contributed by atoms with van der Waals surface area (Å²) >= 11 is 0. The predicted molar refractivity (Wildman–Crippen MR) is 128 cm³/mol.